The van der Waals surface area contributed by atoms with Crippen molar-refractivity contribution >= 4 is 29.0 Å². The third-order valence-electron chi connectivity index (χ3n) is 3.17. The number of likely N-dealkylation sites (tertiary alicyclic amines) is 1. The maximum atomic E-state index is 12.2. The number of rotatable bonds is 3. The minimum atomic E-state index is 0.0977. The topological polar surface area (TPSA) is 58.7 Å². The maximum Gasteiger partial charge on any atom is 0.253 e. The Kier molecular flexibility index (Phi) is 4.80. The number of alkyl halides is 1. The van der Waals surface area contributed by atoms with Crippen molar-refractivity contribution in [1.82, 2.24) is 4.90 Å². The number of hydrogen-bond donors (Lipinski definition) is 1. The molecule has 1 saturated heterocycles. The molecule has 1 fully saturated rings. The van der Waals surface area contributed by atoms with E-state index in [1.54, 1.807) is 24.3 Å². The minimum absolute atomic E-state index is 0.0977. The highest BCUT2D eigenvalue weighted by atomic mass is 35.5. The summed E-state index contributed by atoms with van der Waals surface area (Å²) in [7, 11) is 0. The fourth-order valence-corrected chi connectivity index (χ4v) is 2.21. The van der Waals surface area contributed by atoms with Crippen LogP contribution in [0, 0.1) is 0 Å². The molecule has 5 heteroatoms. The summed E-state index contributed by atoms with van der Waals surface area (Å²) in [4.78, 5) is 18.3. The summed E-state index contributed by atoms with van der Waals surface area (Å²) >= 11 is 5.57. The Labute approximate surface area is 118 Å². The van der Waals surface area contributed by atoms with Crippen molar-refractivity contribution in [2.24, 2.45) is 10.7 Å². The zero-order chi connectivity index (χ0) is 13.7. The molecule has 0 aromatic heterocycles. The number of carbonyl (C=O) groups is 1. The highest BCUT2D eigenvalue weighted by molar-refractivity contribution is 6.28. The molecule has 1 aromatic carbocycles. The number of amidine groups is 1. The normalized spacial score (nSPS) is 16.5. The predicted octanol–water partition coefficient (Wildman–Crippen LogP) is 2.54. The Morgan fingerprint density at radius 2 is 1.84 bits per heavy atom. The van der Waals surface area contributed by atoms with E-state index in [9.17, 15) is 4.79 Å². The van der Waals surface area contributed by atoms with Crippen LogP contribution in [-0.4, -0.2) is 35.6 Å². The van der Waals surface area contributed by atoms with Gasteiger partial charge in [-0.25, -0.2) is 4.99 Å². The van der Waals surface area contributed by atoms with Gasteiger partial charge in [0.05, 0.1) is 11.6 Å². The maximum absolute atomic E-state index is 12.2. The first-order chi connectivity index (χ1) is 9.20. The van der Waals surface area contributed by atoms with E-state index in [1.165, 1.54) is 6.42 Å². The van der Waals surface area contributed by atoms with Gasteiger partial charge in [-0.2, -0.15) is 0 Å². The van der Waals surface area contributed by atoms with Gasteiger partial charge in [0, 0.05) is 18.7 Å². The average molecular weight is 280 g/mol. The Hall–Kier alpha value is -1.55. The van der Waals surface area contributed by atoms with E-state index in [0.29, 0.717) is 17.1 Å². The fourth-order valence-electron chi connectivity index (χ4n) is 2.15. The number of carbonyl (C=O) groups excluding carboxylic acids is 1. The zero-order valence-corrected chi connectivity index (χ0v) is 11.6. The van der Waals surface area contributed by atoms with Crippen molar-refractivity contribution in [2.45, 2.75) is 19.3 Å². The summed E-state index contributed by atoms with van der Waals surface area (Å²) < 4.78 is 0. The number of aliphatic imine (C=N–C) groups is 1. The molecule has 0 spiro atoms. The van der Waals surface area contributed by atoms with E-state index in [4.69, 9.17) is 17.3 Å². The van der Waals surface area contributed by atoms with Crippen molar-refractivity contribution in [1.29, 1.82) is 0 Å². The summed E-state index contributed by atoms with van der Waals surface area (Å²) in [6.07, 6.45) is 3.41. The smallest absolute Gasteiger partial charge is 0.253 e. The van der Waals surface area contributed by atoms with Crippen LogP contribution in [0.25, 0.3) is 0 Å². The van der Waals surface area contributed by atoms with Crippen LogP contribution in [0.3, 0.4) is 0 Å². The number of nitrogens with zero attached hydrogens (tertiary/aromatic N) is 2. The molecule has 1 aliphatic heterocycles. The second-order valence-corrected chi connectivity index (χ2v) is 4.90. The molecule has 0 saturated carbocycles. The highest BCUT2D eigenvalue weighted by Gasteiger charge is 2.17. The number of nitrogens with two attached hydrogens (primary N) is 1. The first-order valence-electron chi connectivity index (χ1n) is 6.49. The quantitative estimate of drug-likeness (QED) is 0.525. The predicted molar refractivity (Wildman–Crippen MR) is 78.2 cm³/mol. The Morgan fingerprint density at radius 1 is 1.21 bits per heavy atom. The number of halogens is 1. The Morgan fingerprint density at radius 3 is 2.42 bits per heavy atom. The Bertz CT molecular complexity index is 464. The van der Waals surface area contributed by atoms with E-state index in [1.807, 2.05) is 4.90 Å². The van der Waals surface area contributed by atoms with Crippen LogP contribution < -0.4 is 5.73 Å². The molecule has 1 aromatic rings. The van der Waals surface area contributed by atoms with E-state index in [2.05, 4.69) is 4.99 Å². The van der Waals surface area contributed by atoms with Crippen molar-refractivity contribution < 1.29 is 4.79 Å². The lowest BCUT2D eigenvalue weighted by Gasteiger charge is -2.26. The van der Waals surface area contributed by atoms with E-state index >= 15 is 0 Å². The molecule has 0 radical (unpaired) electrons. The average Bonchev–Trinajstić information content (AvgIpc) is 2.48. The van der Waals surface area contributed by atoms with Gasteiger partial charge >= 0.3 is 0 Å². The van der Waals surface area contributed by atoms with Crippen LogP contribution in [-0.2, 0) is 0 Å². The summed E-state index contributed by atoms with van der Waals surface area (Å²) in [6, 6.07) is 7.15. The SMILES string of the molecule is NC(CCl)=Nc1ccc(C(=O)N2CCCCC2)cc1. The van der Waals surface area contributed by atoms with Gasteiger partial charge in [0.1, 0.15) is 5.84 Å². The van der Waals surface area contributed by atoms with Gasteiger partial charge in [-0.3, -0.25) is 4.79 Å². The highest BCUT2D eigenvalue weighted by Crippen LogP contribution is 2.17. The van der Waals surface area contributed by atoms with Gasteiger partial charge in [0.25, 0.3) is 5.91 Å². The monoisotopic (exact) mass is 279 g/mol. The van der Waals surface area contributed by atoms with Crippen molar-refractivity contribution in [3.8, 4) is 0 Å². The van der Waals surface area contributed by atoms with Gasteiger partial charge in [-0.15, -0.1) is 11.6 Å². The molecule has 1 heterocycles. The first-order valence-corrected chi connectivity index (χ1v) is 7.02. The molecule has 2 N–H and O–H groups in total. The number of piperidine rings is 1. The number of amides is 1. The van der Waals surface area contributed by atoms with Crippen LogP contribution in [0.2, 0.25) is 0 Å². The molecule has 0 unspecified atom stereocenters. The third-order valence-corrected chi connectivity index (χ3v) is 3.44. The second-order valence-electron chi connectivity index (χ2n) is 4.64. The van der Waals surface area contributed by atoms with E-state index in [0.717, 1.165) is 25.9 Å². The fraction of sp³-hybridized carbons (Fsp3) is 0.429. The third kappa shape index (κ3) is 3.70. The van der Waals surface area contributed by atoms with E-state index in [-0.39, 0.29) is 11.8 Å². The van der Waals surface area contributed by atoms with Gasteiger partial charge < -0.3 is 10.6 Å². The van der Waals surface area contributed by atoms with Crippen molar-refractivity contribution in [3.05, 3.63) is 29.8 Å². The molecular formula is C14H18ClN3O. The van der Waals surface area contributed by atoms with Crippen LogP contribution in [0.15, 0.2) is 29.3 Å². The second kappa shape index (κ2) is 6.57. The van der Waals surface area contributed by atoms with Crippen LogP contribution >= 0.6 is 11.6 Å². The largest absolute Gasteiger partial charge is 0.386 e. The summed E-state index contributed by atoms with van der Waals surface area (Å²) in [5.74, 6) is 0.673. The van der Waals surface area contributed by atoms with Crippen LogP contribution in [0.4, 0.5) is 5.69 Å². The number of hydrogen-bond acceptors (Lipinski definition) is 2. The van der Waals surface area contributed by atoms with Gasteiger partial charge in [-0.1, -0.05) is 0 Å². The Balaban J connectivity index is 2.07. The lowest BCUT2D eigenvalue weighted by Crippen LogP contribution is -2.35. The van der Waals surface area contributed by atoms with Crippen LogP contribution in [0.1, 0.15) is 29.6 Å². The van der Waals surface area contributed by atoms with Crippen molar-refractivity contribution in [3.63, 3.8) is 0 Å². The number of benzene rings is 1. The summed E-state index contributed by atoms with van der Waals surface area (Å²) in [5, 5.41) is 0. The molecule has 2 rings (SSSR count). The summed E-state index contributed by atoms with van der Waals surface area (Å²) in [5.41, 5.74) is 6.98. The summed E-state index contributed by atoms with van der Waals surface area (Å²) in [6.45, 7) is 1.72. The molecule has 1 amide bonds. The molecule has 0 aliphatic carbocycles. The molecule has 102 valence electrons. The molecule has 4 nitrogen and oxygen atoms in total. The lowest BCUT2D eigenvalue weighted by molar-refractivity contribution is 0.0724. The van der Waals surface area contributed by atoms with Crippen molar-refractivity contribution in [2.75, 3.05) is 19.0 Å². The lowest BCUT2D eigenvalue weighted by atomic mass is 10.1. The van der Waals surface area contributed by atoms with E-state index < -0.39 is 0 Å². The molecule has 0 bridgehead atoms. The standard InChI is InChI=1S/C14H18ClN3O/c15-10-13(16)17-12-6-4-11(5-7-12)14(19)18-8-2-1-3-9-18/h4-7H,1-3,8-10H2,(H2,16,17). The first kappa shape index (κ1) is 13.9. The van der Waals surface area contributed by atoms with Gasteiger partial charge in [0.2, 0.25) is 0 Å². The molecule has 19 heavy (non-hydrogen) atoms. The zero-order valence-electron chi connectivity index (χ0n) is 10.8. The molecule has 0 atom stereocenters. The van der Waals surface area contributed by atoms with Gasteiger partial charge in [-0.05, 0) is 43.5 Å². The minimum Gasteiger partial charge on any atom is -0.386 e. The molecular weight excluding hydrogens is 262 g/mol. The van der Waals surface area contributed by atoms with Gasteiger partial charge in [0.15, 0.2) is 0 Å². The van der Waals surface area contributed by atoms with Crippen LogP contribution in [0.5, 0.6) is 0 Å². The molecule has 1 aliphatic rings.